The molecular formula is C12H22N4O2S. The van der Waals surface area contributed by atoms with Gasteiger partial charge in [0.15, 0.2) is 5.03 Å². The molecule has 7 heteroatoms. The van der Waals surface area contributed by atoms with Crippen LogP contribution in [-0.2, 0) is 16.6 Å². The summed E-state index contributed by atoms with van der Waals surface area (Å²) in [6.45, 7) is 4.64. The van der Waals surface area contributed by atoms with Crippen molar-refractivity contribution >= 4 is 10.0 Å². The topological polar surface area (TPSA) is 74.3 Å². The molecule has 1 aromatic heterocycles. The second-order valence-electron chi connectivity index (χ2n) is 4.33. The van der Waals surface area contributed by atoms with E-state index >= 15 is 0 Å². The fourth-order valence-corrected chi connectivity index (χ4v) is 2.43. The zero-order chi connectivity index (χ0) is 14.3. The lowest BCUT2D eigenvalue weighted by atomic mass is 10.3. The van der Waals surface area contributed by atoms with Crippen molar-refractivity contribution in [1.82, 2.24) is 19.9 Å². The van der Waals surface area contributed by atoms with Crippen molar-refractivity contribution < 1.29 is 8.42 Å². The van der Waals surface area contributed by atoms with Gasteiger partial charge in [0.25, 0.3) is 10.0 Å². The van der Waals surface area contributed by atoms with E-state index in [0.29, 0.717) is 19.6 Å². The summed E-state index contributed by atoms with van der Waals surface area (Å²) in [5, 5.41) is 3.05. The van der Waals surface area contributed by atoms with Crippen molar-refractivity contribution in [3.05, 3.63) is 23.9 Å². The van der Waals surface area contributed by atoms with Gasteiger partial charge in [-0.1, -0.05) is 13.0 Å². The molecule has 0 radical (unpaired) electrons. The fourth-order valence-electron chi connectivity index (χ4n) is 1.48. The Balaban J connectivity index is 2.61. The zero-order valence-electron chi connectivity index (χ0n) is 11.7. The van der Waals surface area contributed by atoms with E-state index in [1.807, 2.05) is 25.9 Å². The number of hydrogen-bond donors (Lipinski definition) is 2. The van der Waals surface area contributed by atoms with E-state index in [2.05, 4.69) is 15.0 Å². The van der Waals surface area contributed by atoms with Gasteiger partial charge in [-0.2, -0.15) is 0 Å². The van der Waals surface area contributed by atoms with Crippen LogP contribution in [0.2, 0.25) is 0 Å². The molecule has 0 saturated carbocycles. The summed E-state index contributed by atoms with van der Waals surface area (Å²) in [5.74, 6) is 0. The molecule has 0 saturated heterocycles. The summed E-state index contributed by atoms with van der Waals surface area (Å²) in [4.78, 5) is 6.02. The Kier molecular flexibility index (Phi) is 6.36. The summed E-state index contributed by atoms with van der Waals surface area (Å²) in [5.41, 5.74) is 0.951. The average molecular weight is 286 g/mol. The SMILES string of the molecule is CCN(C)CCNS(=O)(=O)c1ccc(CNC)cn1. The normalized spacial score (nSPS) is 12.0. The minimum atomic E-state index is -3.50. The lowest BCUT2D eigenvalue weighted by Crippen LogP contribution is -2.33. The predicted molar refractivity (Wildman–Crippen MR) is 75.4 cm³/mol. The number of hydrogen-bond acceptors (Lipinski definition) is 5. The van der Waals surface area contributed by atoms with Crippen LogP contribution in [0.4, 0.5) is 0 Å². The smallest absolute Gasteiger partial charge is 0.258 e. The molecule has 0 spiro atoms. The van der Waals surface area contributed by atoms with Gasteiger partial charge in [0.1, 0.15) is 0 Å². The van der Waals surface area contributed by atoms with E-state index in [9.17, 15) is 8.42 Å². The van der Waals surface area contributed by atoms with E-state index in [4.69, 9.17) is 0 Å². The van der Waals surface area contributed by atoms with Crippen LogP contribution < -0.4 is 10.0 Å². The van der Waals surface area contributed by atoms with Gasteiger partial charge in [-0.05, 0) is 32.3 Å². The van der Waals surface area contributed by atoms with Crippen LogP contribution in [0.25, 0.3) is 0 Å². The third-order valence-corrected chi connectivity index (χ3v) is 4.16. The molecule has 0 atom stereocenters. The largest absolute Gasteiger partial charge is 0.316 e. The molecular weight excluding hydrogens is 264 g/mol. The van der Waals surface area contributed by atoms with Gasteiger partial charge in [0, 0.05) is 25.8 Å². The van der Waals surface area contributed by atoms with Crippen molar-refractivity contribution in [1.29, 1.82) is 0 Å². The molecule has 19 heavy (non-hydrogen) atoms. The first kappa shape index (κ1) is 16.0. The number of sulfonamides is 1. The molecule has 0 amide bonds. The molecule has 0 aliphatic rings. The highest BCUT2D eigenvalue weighted by atomic mass is 32.2. The van der Waals surface area contributed by atoms with E-state index in [-0.39, 0.29) is 5.03 Å². The maximum atomic E-state index is 12.0. The van der Waals surface area contributed by atoms with Crippen LogP contribution in [0.5, 0.6) is 0 Å². The highest BCUT2D eigenvalue weighted by molar-refractivity contribution is 7.89. The third kappa shape index (κ3) is 5.23. The minimum Gasteiger partial charge on any atom is -0.316 e. The summed E-state index contributed by atoms with van der Waals surface area (Å²) in [7, 11) is 0.269. The van der Waals surface area contributed by atoms with Crippen molar-refractivity contribution in [2.45, 2.75) is 18.5 Å². The van der Waals surface area contributed by atoms with Gasteiger partial charge in [0.05, 0.1) is 0 Å². The maximum absolute atomic E-state index is 12.0. The molecule has 6 nitrogen and oxygen atoms in total. The van der Waals surface area contributed by atoms with E-state index in [1.165, 1.54) is 6.07 Å². The Morgan fingerprint density at radius 2 is 2.11 bits per heavy atom. The molecule has 0 aliphatic carbocycles. The van der Waals surface area contributed by atoms with Crippen molar-refractivity contribution in [3.8, 4) is 0 Å². The molecule has 2 N–H and O–H groups in total. The molecule has 0 aromatic carbocycles. The van der Waals surface area contributed by atoms with Gasteiger partial charge in [-0.15, -0.1) is 0 Å². The van der Waals surface area contributed by atoms with Crippen molar-refractivity contribution in [2.24, 2.45) is 0 Å². The lowest BCUT2D eigenvalue weighted by molar-refractivity contribution is 0.358. The highest BCUT2D eigenvalue weighted by Gasteiger charge is 2.14. The zero-order valence-corrected chi connectivity index (χ0v) is 12.5. The molecule has 0 fully saturated rings. The van der Waals surface area contributed by atoms with E-state index in [0.717, 1.165) is 12.1 Å². The molecule has 108 valence electrons. The summed E-state index contributed by atoms with van der Waals surface area (Å²) in [6, 6.07) is 3.29. The molecule has 0 unspecified atom stereocenters. The van der Waals surface area contributed by atoms with Crippen LogP contribution in [0.1, 0.15) is 12.5 Å². The van der Waals surface area contributed by atoms with Crippen LogP contribution in [0.15, 0.2) is 23.4 Å². The van der Waals surface area contributed by atoms with Crippen molar-refractivity contribution in [3.63, 3.8) is 0 Å². The Morgan fingerprint density at radius 3 is 2.63 bits per heavy atom. The molecule has 1 aromatic rings. The van der Waals surface area contributed by atoms with Gasteiger partial charge in [0.2, 0.25) is 0 Å². The monoisotopic (exact) mass is 286 g/mol. The summed E-state index contributed by atoms with van der Waals surface area (Å²) in [6.07, 6.45) is 1.57. The highest BCUT2D eigenvalue weighted by Crippen LogP contribution is 2.06. The Hall–Kier alpha value is -1.02. The molecule has 1 heterocycles. The average Bonchev–Trinajstić information content (AvgIpc) is 2.39. The number of likely N-dealkylation sites (N-methyl/N-ethyl adjacent to an activating group) is 1. The summed E-state index contributed by atoms with van der Waals surface area (Å²) < 4.78 is 26.5. The lowest BCUT2D eigenvalue weighted by Gasteiger charge is -2.14. The van der Waals surface area contributed by atoms with Crippen LogP contribution in [-0.4, -0.2) is 52.0 Å². The third-order valence-electron chi connectivity index (χ3n) is 2.78. The Labute approximate surface area is 115 Å². The first-order chi connectivity index (χ1) is 8.99. The maximum Gasteiger partial charge on any atom is 0.258 e. The van der Waals surface area contributed by atoms with Crippen LogP contribution in [0, 0.1) is 0 Å². The Bertz CT molecular complexity index is 473. The van der Waals surface area contributed by atoms with Crippen LogP contribution in [0.3, 0.4) is 0 Å². The van der Waals surface area contributed by atoms with Crippen LogP contribution >= 0.6 is 0 Å². The second kappa shape index (κ2) is 7.54. The Morgan fingerprint density at radius 1 is 1.37 bits per heavy atom. The predicted octanol–water partition coefficient (Wildman–Crippen LogP) is 0.0310. The number of pyridine rings is 1. The number of aromatic nitrogens is 1. The van der Waals surface area contributed by atoms with E-state index in [1.54, 1.807) is 12.3 Å². The number of rotatable bonds is 8. The molecule has 1 rings (SSSR count). The first-order valence-corrected chi connectivity index (χ1v) is 7.75. The van der Waals surface area contributed by atoms with Gasteiger partial charge < -0.3 is 10.2 Å². The van der Waals surface area contributed by atoms with Gasteiger partial charge >= 0.3 is 0 Å². The minimum absolute atomic E-state index is 0.0616. The number of nitrogens with one attached hydrogen (secondary N) is 2. The molecule has 0 aliphatic heterocycles. The van der Waals surface area contributed by atoms with Crippen molar-refractivity contribution in [2.75, 3.05) is 33.7 Å². The number of nitrogens with zero attached hydrogens (tertiary/aromatic N) is 2. The van der Waals surface area contributed by atoms with E-state index < -0.39 is 10.0 Å². The fraction of sp³-hybridized carbons (Fsp3) is 0.583. The second-order valence-corrected chi connectivity index (χ2v) is 6.04. The molecule has 0 bridgehead atoms. The summed E-state index contributed by atoms with van der Waals surface area (Å²) >= 11 is 0. The van der Waals surface area contributed by atoms with Gasteiger partial charge in [-0.3, -0.25) is 0 Å². The van der Waals surface area contributed by atoms with Gasteiger partial charge in [-0.25, -0.2) is 18.1 Å². The standard InChI is InChI=1S/C12H22N4O2S/c1-4-16(3)8-7-15-19(17,18)12-6-5-11(9-13-2)10-14-12/h5-6,10,13,15H,4,7-9H2,1-3H3. The first-order valence-electron chi connectivity index (χ1n) is 6.27. The quantitative estimate of drug-likeness (QED) is 0.705.